The topological polar surface area (TPSA) is 93.2 Å². The molecular formula is C13H20N4O3. The molecule has 0 aliphatic carbocycles. The van der Waals surface area contributed by atoms with Crippen molar-refractivity contribution < 1.29 is 14.3 Å². The SMILES string of the molecule is CCCCOCCCNC(=O)C(=O)Nc1ncccn1. The molecule has 0 spiro atoms. The van der Waals surface area contributed by atoms with Gasteiger partial charge in [-0.3, -0.25) is 14.9 Å². The lowest BCUT2D eigenvalue weighted by Gasteiger charge is -2.06. The van der Waals surface area contributed by atoms with Crippen LogP contribution < -0.4 is 10.6 Å². The minimum absolute atomic E-state index is 0.107. The number of nitrogens with zero attached hydrogens (tertiary/aromatic N) is 2. The standard InChI is InChI=1S/C13H20N4O3/c1-2-3-9-20-10-5-8-14-11(18)12(19)17-13-15-6-4-7-16-13/h4,6-7H,2-3,5,8-10H2,1H3,(H,14,18)(H,15,16,17,19). The van der Waals surface area contributed by atoms with Gasteiger partial charge in [0.1, 0.15) is 0 Å². The van der Waals surface area contributed by atoms with Crippen LogP contribution in [0, 0.1) is 0 Å². The fourth-order valence-electron chi connectivity index (χ4n) is 1.33. The van der Waals surface area contributed by atoms with E-state index in [9.17, 15) is 9.59 Å². The normalized spacial score (nSPS) is 10.1. The number of rotatable bonds is 8. The first-order valence-electron chi connectivity index (χ1n) is 6.68. The van der Waals surface area contributed by atoms with E-state index in [0.717, 1.165) is 19.4 Å². The highest BCUT2D eigenvalue weighted by Crippen LogP contribution is 1.93. The van der Waals surface area contributed by atoms with E-state index < -0.39 is 11.8 Å². The molecule has 1 aromatic heterocycles. The van der Waals surface area contributed by atoms with Gasteiger partial charge in [0.2, 0.25) is 5.95 Å². The molecule has 0 unspecified atom stereocenters. The van der Waals surface area contributed by atoms with Gasteiger partial charge in [-0.2, -0.15) is 0 Å². The monoisotopic (exact) mass is 280 g/mol. The van der Waals surface area contributed by atoms with Crippen molar-refractivity contribution in [2.24, 2.45) is 0 Å². The second kappa shape index (κ2) is 9.85. The predicted octanol–water partition coefficient (Wildman–Crippen LogP) is 0.738. The van der Waals surface area contributed by atoms with Crippen LogP contribution in [0.5, 0.6) is 0 Å². The molecule has 110 valence electrons. The molecule has 2 amide bonds. The summed E-state index contributed by atoms with van der Waals surface area (Å²) in [5.41, 5.74) is 0. The molecule has 2 N–H and O–H groups in total. The molecule has 0 aliphatic rings. The fraction of sp³-hybridized carbons (Fsp3) is 0.538. The van der Waals surface area contributed by atoms with E-state index in [4.69, 9.17) is 4.74 Å². The molecule has 0 saturated carbocycles. The molecule has 1 rings (SSSR count). The van der Waals surface area contributed by atoms with E-state index in [1.165, 1.54) is 12.4 Å². The number of unbranched alkanes of at least 4 members (excludes halogenated alkanes) is 1. The Morgan fingerprint density at radius 1 is 1.15 bits per heavy atom. The first-order valence-corrected chi connectivity index (χ1v) is 6.68. The number of anilines is 1. The van der Waals surface area contributed by atoms with E-state index in [-0.39, 0.29) is 5.95 Å². The van der Waals surface area contributed by atoms with Crippen molar-refractivity contribution in [2.45, 2.75) is 26.2 Å². The Labute approximate surface area is 118 Å². The zero-order valence-electron chi connectivity index (χ0n) is 11.6. The van der Waals surface area contributed by atoms with Crippen molar-refractivity contribution >= 4 is 17.8 Å². The molecule has 0 atom stereocenters. The number of nitrogens with one attached hydrogen (secondary N) is 2. The molecule has 7 nitrogen and oxygen atoms in total. The summed E-state index contributed by atoms with van der Waals surface area (Å²) in [7, 11) is 0. The third-order valence-corrected chi connectivity index (χ3v) is 2.39. The smallest absolute Gasteiger partial charge is 0.316 e. The molecule has 20 heavy (non-hydrogen) atoms. The molecule has 0 aromatic carbocycles. The van der Waals surface area contributed by atoms with Crippen LogP contribution in [0.2, 0.25) is 0 Å². The lowest BCUT2D eigenvalue weighted by molar-refractivity contribution is -0.136. The van der Waals surface area contributed by atoms with Crippen molar-refractivity contribution in [3.8, 4) is 0 Å². The van der Waals surface area contributed by atoms with Gasteiger partial charge in [0.05, 0.1) is 0 Å². The summed E-state index contributed by atoms with van der Waals surface area (Å²) in [6, 6.07) is 1.62. The van der Waals surface area contributed by atoms with Crippen LogP contribution >= 0.6 is 0 Å². The molecule has 7 heteroatoms. The lowest BCUT2D eigenvalue weighted by Crippen LogP contribution is -2.36. The highest BCUT2D eigenvalue weighted by Gasteiger charge is 2.13. The molecular weight excluding hydrogens is 260 g/mol. The van der Waals surface area contributed by atoms with Gasteiger partial charge >= 0.3 is 11.8 Å². The number of hydrogen-bond acceptors (Lipinski definition) is 5. The van der Waals surface area contributed by atoms with E-state index in [2.05, 4.69) is 27.5 Å². The third kappa shape index (κ3) is 6.79. The van der Waals surface area contributed by atoms with Crippen molar-refractivity contribution in [3.05, 3.63) is 18.5 Å². The van der Waals surface area contributed by atoms with Gasteiger partial charge in [-0.1, -0.05) is 13.3 Å². The number of aromatic nitrogens is 2. The Hall–Kier alpha value is -2.02. The van der Waals surface area contributed by atoms with E-state index >= 15 is 0 Å². The zero-order chi connectivity index (χ0) is 14.6. The first-order chi connectivity index (χ1) is 9.74. The number of amides is 2. The van der Waals surface area contributed by atoms with Gasteiger partial charge in [-0.25, -0.2) is 9.97 Å². The van der Waals surface area contributed by atoms with Crippen molar-refractivity contribution in [1.29, 1.82) is 0 Å². The number of carbonyl (C=O) groups is 2. The van der Waals surface area contributed by atoms with Crippen LogP contribution in [0.4, 0.5) is 5.95 Å². The number of carbonyl (C=O) groups excluding carboxylic acids is 2. The Morgan fingerprint density at radius 3 is 2.55 bits per heavy atom. The summed E-state index contributed by atoms with van der Waals surface area (Å²) >= 11 is 0. The summed E-state index contributed by atoms with van der Waals surface area (Å²) in [5.74, 6) is -1.37. The average Bonchev–Trinajstić information content (AvgIpc) is 2.47. The Morgan fingerprint density at radius 2 is 1.85 bits per heavy atom. The zero-order valence-corrected chi connectivity index (χ0v) is 11.6. The second-order valence-electron chi connectivity index (χ2n) is 4.10. The van der Waals surface area contributed by atoms with E-state index in [0.29, 0.717) is 19.6 Å². The Kier molecular flexibility index (Phi) is 7.90. The molecule has 1 heterocycles. The number of hydrogen-bond donors (Lipinski definition) is 2. The van der Waals surface area contributed by atoms with Gasteiger partial charge in [0.15, 0.2) is 0 Å². The summed E-state index contributed by atoms with van der Waals surface area (Å²) in [5, 5.41) is 4.81. The van der Waals surface area contributed by atoms with Crippen LogP contribution in [-0.2, 0) is 14.3 Å². The maximum Gasteiger partial charge on any atom is 0.316 e. The minimum Gasteiger partial charge on any atom is -0.381 e. The Bertz CT molecular complexity index is 411. The Balaban J connectivity index is 2.11. The van der Waals surface area contributed by atoms with Crippen molar-refractivity contribution in [2.75, 3.05) is 25.1 Å². The minimum atomic E-state index is -0.775. The van der Waals surface area contributed by atoms with Crippen LogP contribution in [0.15, 0.2) is 18.5 Å². The molecule has 0 saturated heterocycles. The van der Waals surface area contributed by atoms with Crippen LogP contribution in [0.1, 0.15) is 26.2 Å². The van der Waals surface area contributed by atoms with Gasteiger partial charge in [0.25, 0.3) is 0 Å². The molecule has 0 radical (unpaired) electrons. The maximum atomic E-state index is 11.5. The highest BCUT2D eigenvalue weighted by molar-refractivity contribution is 6.39. The second-order valence-corrected chi connectivity index (χ2v) is 4.10. The van der Waals surface area contributed by atoms with E-state index in [1.54, 1.807) is 6.07 Å². The van der Waals surface area contributed by atoms with Crippen LogP contribution in [-0.4, -0.2) is 41.5 Å². The summed E-state index contributed by atoms with van der Waals surface area (Å²) < 4.78 is 5.34. The summed E-state index contributed by atoms with van der Waals surface area (Å²) in [4.78, 5) is 30.5. The average molecular weight is 280 g/mol. The van der Waals surface area contributed by atoms with Gasteiger partial charge in [0, 0.05) is 32.2 Å². The van der Waals surface area contributed by atoms with Crippen molar-refractivity contribution in [1.82, 2.24) is 15.3 Å². The van der Waals surface area contributed by atoms with Crippen LogP contribution in [0.3, 0.4) is 0 Å². The van der Waals surface area contributed by atoms with Crippen molar-refractivity contribution in [3.63, 3.8) is 0 Å². The third-order valence-electron chi connectivity index (χ3n) is 2.39. The summed E-state index contributed by atoms with van der Waals surface area (Å²) in [6.45, 7) is 3.80. The largest absolute Gasteiger partial charge is 0.381 e. The first kappa shape index (κ1) is 16.0. The van der Waals surface area contributed by atoms with Gasteiger partial charge in [-0.15, -0.1) is 0 Å². The molecule has 0 aliphatic heterocycles. The number of ether oxygens (including phenoxy) is 1. The maximum absolute atomic E-state index is 11.5. The van der Waals surface area contributed by atoms with Gasteiger partial charge in [-0.05, 0) is 18.9 Å². The molecule has 0 bridgehead atoms. The highest BCUT2D eigenvalue weighted by atomic mass is 16.5. The predicted molar refractivity (Wildman–Crippen MR) is 74.0 cm³/mol. The molecule has 1 aromatic rings. The van der Waals surface area contributed by atoms with Gasteiger partial charge < -0.3 is 10.1 Å². The van der Waals surface area contributed by atoms with E-state index in [1.807, 2.05) is 0 Å². The quantitative estimate of drug-likeness (QED) is 0.541. The lowest BCUT2D eigenvalue weighted by atomic mass is 10.3. The van der Waals surface area contributed by atoms with Crippen LogP contribution in [0.25, 0.3) is 0 Å². The fourth-order valence-corrected chi connectivity index (χ4v) is 1.33. The molecule has 0 fully saturated rings. The summed E-state index contributed by atoms with van der Waals surface area (Å²) in [6.07, 6.45) is 5.76.